The average molecular weight is 566 g/mol. The van der Waals surface area contributed by atoms with E-state index in [1.165, 1.54) is 12.1 Å². The largest absolute Gasteiger partial charge is 0.509 e. The normalized spacial score (nSPS) is 13.8. The molecule has 2 N–H and O–H groups in total. The summed E-state index contributed by atoms with van der Waals surface area (Å²) >= 11 is 0. The first kappa shape index (κ1) is 34.9. The summed E-state index contributed by atoms with van der Waals surface area (Å²) in [5.41, 5.74) is 5.95. The summed E-state index contributed by atoms with van der Waals surface area (Å²) in [5.74, 6) is -0.743. The van der Waals surface area contributed by atoms with Crippen molar-refractivity contribution in [3.8, 4) is 11.5 Å². The van der Waals surface area contributed by atoms with Crippen LogP contribution in [0.25, 0.3) is 0 Å². The van der Waals surface area contributed by atoms with E-state index in [-0.39, 0.29) is 30.8 Å². The third kappa shape index (κ3) is 14.3. The smallest absolute Gasteiger partial charge is 0.458 e. The number of esters is 3. The number of rotatable bonds is 14. The molecule has 0 fully saturated rings. The van der Waals surface area contributed by atoms with Crippen molar-refractivity contribution in [3.05, 3.63) is 23.8 Å². The van der Waals surface area contributed by atoms with Crippen LogP contribution in [-0.4, -0.2) is 47.9 Å². The van der Waals surface area contributed by atoms with Crippen LogP contribution in [0.4, 0.5) is 4.79 Å². The SMILES string of the molecule is CC(C)CCC(=O)Oc1ccc(C[C@H](N)C(=O)O[C@@H](C)[C@H](C)OC(=O)OC(C)(C)C)cc1OC(=O)CCC(C)C. The Morgan fingerprint density at radius 1 is 0.775 bits per heavy atom. The van der Waals surface area contributed by atoms with Crippen LogP contribution in [0.3, 0.4) is 0 Å². The highest BCUT2D eigenvalue weighted by atomic mass is 16.7. The Morgan fingerprint density at radius 3 is 1.77 bits per heavy atom. The zero-order valence-electron chi connectivity index (χ0n) is 25.4. The summed E-state index contributed by atoms with van der Waals surface area (Å²) in [4.78, 5) is 49.3. The second kappa shape index (κ2) is 16.2. The first-order chi connectivity index (χ1) is 18.5. The minimum atomic E-state index is -1.06. The topological polar surface area (TPSA) is 140 Å². The Balaban J connectivity index is 2.91. The summed E-state index contributed by atoms with van der Waals surface area (Å²) < 4.78 is 26.7. The Morgan fingerprint density at radius 2 is 1.27 bits per heavy atom. The van der Waals surface area contributed by atoms with Crippen molar-refractivity contribution in [3.63, 3.8) is 0 Å². The molecular formula is C30H47NO9. The third-order valence-electron chi connectivity index (χ3n) is 5.70. The van der Waals surface area contributed by atoms with E-state index in [4.69, 9.17) is 29.4 Å². The van der Waals surface area contributed by atoms with Crippen LogP contribution in [0.1, 0.15) is 93.6 Å². The zero-order chi connectivity index (χ0) is 30.6. The van der Waals surface area contributed by atoms with Crippen LogP contribution >= 0.6 is 0 Å². The molecule has 10 nitrogen and oxygen atoms in total. The van der Waals surface area contributed by atoms with Gasteiger partial charge < -0.3 is 29.4 Å². The number of hydrogen-bond acceptors (Lipinski definition) is 10. The van der Waals surface area contributed by atoms with E-state index >= 15 is 0 Å². The van der Waals surface area contributed by atoms with Crippen LogP contribution in [-0.2, 0) is 35.0 Å². The molecule has 1 rings (SSSR count). The predicted molar refractivity (Wildman–Crippen MR) is 150 cm³/mol. The Labute approximate surface area is 238 Å². The second-order valence-corrected chi connectivity index (χ2v) is 11.8. The van der Waals surface area contributed by atoms with Gasteiger partial charge >= 0.3 is 24.1 Å². The van der Waals surface area contributed by atoms with Gasteiger partial charge in [-0.05, 0) is 83.4 Å². The average Bonchev–Trinajstić information content (AvgIpc) is 2.81. The van der Waals surface area contributed by atoms with E-state index in [0.717, 1.165) is 0 Å². The lowest BCUT2D eigenvalue weighted by atomic mass is 10.1. The van der Waals surface area contributed by atoms with E-state index in [2.05, 4.69) is 0 Å². The fourth-order valence-electron chi connectivity index (χ4n) is 3.23. The van der Waals surface area contributed by atoms with Gasteiger partial charge in [0.25, 0.3) is 0 Å². The van der Waals surface area contributed by atoms with Crippen molar-refractivity contribution in [2.45, 2.75) is 118 Å². The summed E-state index contributed by atoms with van der Waals surface area (Å²) in [6, 6.07) is 3.63. The molecule has 226 valence electrons. The molecule has 1 aromatic rings. The molecule has 0 aliphatic carbocycles. The van der Waals surface area contributed by atoms with Gasteiger partial charge in [-0.15, -0.1) is 0 Å². The molecule has 0 spiro atoms. The van der Waals surface area contributed by atoms with Crippen LogP contribution in [0.2, 0.25) is 0 Å². The van der Waals surface area contributed by atoms with Crippen LogP contribution in [0.5, 0.6) is 11.5 Å². The van der Waals surface area contributed by atoms with E-state index in [1.54, 1.807) is 40.7 Å². The van der Waals surface area contributed by atoms with Gasteiger partial charge in [0.2, 0.25) is 0 Å². The predicted octanol–water partition coefficient (Wildman–Crippen LogP) is 5.51. The maximum Gasteiger partial charge on any atom is 0.509 e. The lowest BCUT2D eigenvalue weighted by Gasteiger charge is -2.24. The lowest BCUT2D eigenvalue weighted by Crippen LogP contribution is -2.40. The van der Waals surface area contributed by atoms with Crippen molar-refractivity contribution in [2.75, 3.05) is 0 Å². The van der Waals surface area contributed by atoms with Gasteiger partial charge in [-0.1, -0.05) is 33.8 Å². The summed E-state index contributed by atoms with van der Waals surface area (Å²) in [6.07, 6.45) is -0.618. The molecule has 0 aliphatic rings. The first-order valence-electron chi connectivity index (χ1n) is 13.9. The molecule has 0 saturated carbocycles. The van der Waals surface area contributed by atoms with E-state index in [0.29, 0.717) is 30.2 Å². The highest BCUT2D eigenvalue weighted by molar-refractivity contribution is 5.77. The first-order valence-corrected chi connectivity index (χ1v) is 13.9. The molecule has 0 amide bonds. The maximum absolute atomic E-state index is 12.7. The summed E-state index contributed by atoms with van der Waals surface area (Å²) in [7, 11) is 0. The number of nitrogens with two attached hydrogens (primary N) is 1. The van der Waals surface area contributed by atoms with Crippen molar-refractivity contribution in [1.29, 1.82) is 0 Å². The molecule has 10 heteroatoms. The van der Waals surface area contributed by atoms with Gasteiger partial charge in [0.1, 0.15) is 23.9 Å². The minimum absolute atomic E-state index is 0.0605. The molecule has 3 atom stereocenters. The van der Waals surface area contributed by atoms with Gasteiger partial charge in [0, 0.05) is 12.8 Å². The fraction of sp³-hybridized carbons (Fsp3) is 0.667. The quantitative estimate of drug-likeness (QED) is 0.227. The standard InChI is InChI=1S/C30H47NO9/c1-18(2)10-14-26(32)38-24-13-12-22(17-25(24)39-27(33)15-11-19(3)4)16-23(31)28(34)36-20(5)21(6)37-29(35)40-30(7,8)9/h12-13,17-21,23H,10-11,14-16,31H2,1-9H3/t20-,21-,23-/m0/s1. The fourth-order valence-corrected chi connectivity index (χ4v) is 3.23. The molecule has 0 heterocycles. The zero-order valence-corrected chi connectivity index (χ0v) is 25.4. The summed E-state index contributed by atoms with van der Waals surface area (Å²) in [6.45, 7) is 16.3. The number of ether oxygens (including phenoxy) is 5. The molecule has 0 aromatic heterocycles. The Kier molecular flexibility index (Phi) is 14.1. The Bertz CT molecular complexity index is 997. The number of carbonyl (C=O) groups is 4. The molecule has 0 unspecified atom stereocenters. The molecule has 0 bridgehead atoms. The van der Waals surface area contributed by atoms with Gasteiger partial charge in [-0.2, -0.15) is 0 Å². The van der Waals surface area contributed by atoms with Crippen molar-refractivity contribution < 1.29 is 42.9 Å². The third-order valence-corrected chi connectivity index (χ3v) is 5.70. The van der Waals surface area contributed by atoms with Crippen molar-refractivity contribution in [1.82, 2.24) is 0 Å². The van der Waals surface area contributed by atoms with Gasteiger partial charge in [0.15, 0.2) is 11.5 Å². The second-order valence-electron chi connectivity index (χ2n) is 11.8. The lowest BCUT2D eigenvalue weighted by molar-refractivity contribution is -0.156. The molecule has 0 saturated heterocycles. The van der Waals surface area contributed by atoms with E-state index in [9.17, 15) is 19.2 Å². The minimum Gasteiger partial charge on any atom is -0.458 e. The highest BCUT2D eigenvalue weighted by Crippen LogP contribution is 2.30. The highest BCUT2D eigenvalue weighted by Gasteiger charge is 2.27. The van der Waals surface area contributed by atoms with Crippen LogP contribution in [0, 0.1) is 11.8 Å². The van der Waals surface area contributed by atoms with Crippen molar-refractivity contribution in [2.24, 2.45) is 17.6 Å². The maximum atomic E-state index is 12.7. The Hall–Kier alpha value is -3.14. The summed E-state index contributed by atoms with van der Waals surface area (Å²) in [5, 5.41) is 0. The van der Waals surface area contributed by atoms with Gasteiger partial charge in [-0.25, -0.2) is 4.79 Å². The number of carbonyl (C=O) groups excluding carboxylic acids is 4. The van der Waals surface area contributed by atoms with Crippen LogP contribution in [0.15, 0.2) is 18.2 Å². The molecule has 0 aliphatic heterocycles. The van der Waals surface area contributed by atoms with Crippen molar-refractivity contribution >= 4 is 24.1 Å². The van der Waals surface area contributed by atoms with E-state index in [1.807, 2.05) is 27.7 Å². The van der Waals surface area contributed by atoms with Crippen LogP contribution < -0.4 is 15.2 Å². The monoisotopic (exact) mass is 565 g/mol. The number of hydrogen-bond donors (Lipinski definition) is 1. The molecule has 1 aromatic carbocycles. The molecule has 0 radical (unpaired) electrons. The van der Waals surface area contributed by atoms with E-state index < -0.39 is 47.9 Å². The van der Waals surface area contributed by atoms with Gasteiger partial charge in [-0.3, -0.25) is 14.4 Å². The molecular weight excluding hydrogens is 518 g/mol. The number of benzene rings is 1. The molecule has 40 heavy (non-hydrogen) atoms. The van der Waals surface area contributed by atoms with Gasteiger partial charge in [0.05, 0.1) is 0 Å².